The molecular weight excluding hydrogens is 246 g/mol. The number of aliphatic hydroxyl groups excluding tert-OH is 1. The molecule has 2 atom stereocenters. The largest absolute Gasteiger partial charge is 0.396 e. The summed E-state index contributed by atoms with van der Waals surface area (Å²) in [5, 5.41) is 22.9. The van der Waals surface area contributed by atoms with Gasteiger partial charge < -0.3 is 10.4 Å². The molecular formula is C12H17N5O2. The van der Waals surface area contributed by atoms with Crippen molar-refractivity contribution in [1.82, 2.24) is 19.8 Å². The van der Waals surface area contributed by atoms with Crippen LogP contribution in [0.25, 0.3) is 5.65 Å². The molecule has 7 nitrogen and oxygen atoms in total. The average molecular weight is 263 g/mol. The Kier molecular flexibility index (Phi) is 3.20. The number of anilines is 1. The maximum Gasteiger partial charge on any atom is 0.364 e. The maximum absolute atomic E-state index is 11.4. The topological polar surface area (TPSA) is 95.3 Å². The van der Waals surface area contributed by atoms with E-state index < -0.39 is 0 Å². The molecule has 0 saturated heterocycles. The van der Waals surface area contributed by atoms with Gasteiger partial charge in [-0.25, -0.2) is 9.89 Å². The number of rotatable bonds is 4. The molecule has 2 aromatic heterocycles. The van der Waals surface area contributed by atoms with Crippen LogP contribution >= 0.6 is 0 Å². The lowest BCUT2D eigenvalue weighted by molar-refractivity contribution is 0.199. The summed E-state index contributed by atoms with van der Waals surface area (Å²) in [6, 6.07) is 3.55. The first-order valence-corrected chi connectivity index (χ1v) is 6.57. The Bertz CT molecular complexity index is 620. The lowest BCUT2D eigenvalue weighted by atomic mass is 9.97. The number of aromatic nitrogens is 4. The zero-order valence-corrected chi connectivity index (χ0v) is 10.5. The van der Waals surface area contributed by atoms with Crippen molar-refractivity contribution in [1.29, 1.82) is 0 Å². The summed E-state index contributed by atoms with van der Waals surface area (Å²) < 4.78 is 1.24. The minimum absolute atomic E-state index is 0.250. The Morgan fingerprint density at radius 3 is 3.11 bits per heavy atom. The van der Waals surface area contributed by atoms with E-state index in [-0.39, 0.29) is 12.3 Å². The van der Waals surface area contributed by atoms with E-state index in [4.69, 9.17) is 0 Å². The molecule has 1 fully saturated rings. The van der Waals surface area contributed by atoms with Gasteiger partial charge in [0.2, 0.25) is 0 Å². The van der Waals surface area contributed by atoms with Crippen LogP contribution in [0.5, 0.6) is 0 Å². The van der Waals surface area contributed by atoms with E-state index in [9.17, 15) is 9.90 Å². The molecule has 2 unspecified atom stereocenters. The number of hydrogen-bond donors (Lipinski definition) is 3. The Labute approximate surface area is 109 Å². The maximum atomic E-state index is 11.4. The summed E-state index contributed by atoms with van der Waals surface area (Å²) in [5.41, 5.74) is 0.164. The summed E-state index contributed by atoms with van der Waals surface area (Å²) in [6.45, 7) is 1.02. The van der Waals surface area contributed by atoms with Crippen molar-refractivity contribution >= 4 is 11.5 Å². The van der Waals surface area contributed by atoms with E-state index in [2.05, 4.69) is 20.6 Å². The Morgan fingerprint density at radius 2 is 2.26 bits per heavy atom. The summed E-state index contributed by atoms with van der Waals surface area (Å²) in [7, 11) is 0. The van der Waals surface area contributed by atoms with Gasteiger partial charge in [0.1, 0.15) is 5.82 Å². The number of fused-ring (bicyclic) bond motifs is 1. The summed E-state index contributed by atoms with van der Waals surface area (Å²) in [4.78, 5) is 11.4. The lowest BCUT2D eigenvalue weighted by Crippen LogP contribution is -2.22. The third-order valence-electron chi connectivity index (χ3n) is 3.87. The van der Waals surface area contributed by atoms with Gasteiger partial charge >= 0.3 is 5.69 Å². The third kappa shape index (κ3) is 2.33. The van der Waals surface area contributed by atoms with Gasteiger partial charge in [-0.3, -0.25) is 0 Å². The number of aliphatic hydroxyl groups is 1. The molecule has 0 spiro atoms. The number of nitrogens with one attached hydrogen (secondary N) is 2. The molecule has 2 aromatic rings. The highest BCUT2D eigenvalue weighted by molar-refractivity contribution is 5.42. The number of H-pyrrole nitrogens is 1. The fourth-order valence-corrected chi connectivity index (χ4v) is 2.76. The number of aromatic amines is 1. The van der Waals surface area contributed by atoms with Crippen LogP contribution in [-0.2, 0) is 0 Å². The van der Waals surface area contributed by atoms with Crippen molar-refractivity contribution in [2.75, 3.05) is 18.5 Å². The van der Waals surface area contributed by atoms with Crippen molar-refractivity contribution in [3.8, 4) is 0 Å². The zero-order valence-electron chi connectivity index (χ0n) is 10.5. The van der Waals surface area contributed by atoms with Crippen LogP contribution < -0.4 is 11.0 Å². The molecule has 0 amide bonds. The minimum Gasteiger partial charge on any atom is -0.396 e. The molecule has 102 valence electrons. The number of nitrogens with zero attached hydrogens (tertiary/aromatic N) is 3. The summed E-state index contributed by atoms with van der Waals surface area (Å²) >= 11 is 0. The van der Waals surface area contributed by atoms with Gasteiger partial charge in [0, 0.05) is 13.2 Å². The van der Waals surface area contributed by atoms with E-state index in [1.807, 2.05) is 0 Å². The monoisotopic (exact) mass is 263 g/mol. The van der Waals surface area contributed by atoms with Crippen molar-refractivity contribution < 1.29 is 5.11 Å². The molecule has 3 N–H and O–H groups in total. The minimum atomic E-state index is -0.340. The molecule has 2 heterocycles. The van der Waals surface area contributed by atoms with Crippen molar-refractivity contribution in [3.63, 3.8) is 0 Å². The van der Waals surface area contributed by atoms with Gasteiger partial charge in [-0.2, -0.15) is 9.61 Å². The molecule has 0 aromatic carbocycles. The normalized spacial score (nSPS) is 23.0. The SMILES string of the molecule is O=c1[nH]nc2ccc(NCC3CCCC3CO)nn12. The van der Waals surface area contributed by atoms with Crippen LogP contribution in [0, 0.1) is 11.8 Å². The second-order valence-corrected chi connectivity index (χ2v) is 5.03. The Hall–Kier alpha value is -1.89. The zero-order chi connectivity index (χ0) is 13.2. The lowest BCUT2D eigenvalue weighted by Gasteiger charge is -2.17. The second-order valence-electron chi connectivity index (χ2n) is 5.03. The van der Waals surface area contributed by atoms with Crippen LogP contribution in [0.1, 0.15) is 19.3 Å². The smallest absolute Gasteiger partial charge is 0.364 e. The van der Waals surface area contributed by atoms with Crippen molar-refractivity contribution in [2.45, 2.75) is 19.3 Å². The van der Waals surface area contributed by atoms with E-state index in [1.165, 1.54) is 10.9 Å². The molecule has 7 heteroatoms. The van der Waals surface area contributed by atoms with E-state index in [1.54, 1.807) is 12.1 Å². The molecule has 1 aliphatic rings. The fraction of sp³-hybridized carbons (Fsp3) is 0.583. The van der Waals surface area contributed by atoms with Crippen LogP contribution in [0.4, 0.5) is 5.82 Å². The quantitative estimate of drug-likeness (QED) is 0.734. The van der Waals surface area contributed by atoms with Gasteiger partial charge in [-0.15, -0.1) is 5.10 Å². The molecule has 0 radical (unpaired) electrons. The highest BCUT2D eigenvalue weighted by Crippen LogP contribution is 2.31. The summed E-state index contributed by atoms with van der Waals surface area (Å²) in [5.74, 6) is 1.51. The highest BCUT2D eigenvalue weighted by Gasteiger charge is 2.26. The standard InChI is InChI=1S/C12H17N5O2/c18-7-9-3-1-2-8(9)6-13-10-4-5-11-14-15-12(19)17(11)16-10/h4-5,8-9,18H,1-3,6-7H2,(H,13,16)(H,15,19). The predicted octanol–water partition coefficient (Wildman–Crippen LogP) is 0.238. The van der Waals surface area contributed by atoms with Gasteiger partial charge in [-0.1, -0.05) is 6.42 Å². The highest BCUT2D eigenvalue weighted by atomic mass is 16.3. The third-order valence-corrected chi connectivity index (χ3v) is 3.87. The second kappa shape index (κ2) is 5.00. The van der Waals surface area contributed by atoms with Crippen molar-refractivity contribution in [3.05, 3.63) is 22.6 Å². The van der Waals surface area contributed by atoms with Crippen LogP contribution in [0.15, 0.2) is 16.9 Å². The fourth-order valence-electron chi connectivity index (χ4n) is 2.76. The van der Waals surface area contributed by atoms with Crippen molar-refractivity contribution in [2.24, 2.45) is 11.8 Å². The Balaban J connectivity index is 1.71. The van der Waals surface area contributed by atoms with Gasteiger partial charge in [-0.05, 0) is 36.8 Å². The van der Waals surface area contributed by atoms with Gasteiger partial charge in [0.05, 0.1) is 0 Å². The molecule has 3 rings (SSSR count). The molecule has 0 aliphatic heterocycles. The first-order chi connectivity index (χ1) is 9.28. The molecule has 19 heavy (non-hydrogen) atoms. The molecule has 1 saturated carbocycles. The van der Waals surface area contributed by atoms with Crippen LogP contribution in [-0.4, -0.2) is 38.1 Å². The van der Waals surface area contributed by atoms with E-state index >= 15 is 0 Å². The predicted molar refractivity (Wildman–Crippen MR) is 70.0 cm³/mol. The average Bonchev–Trinajstić information content (AvgIpc) is 3.03. The van der Waals surface area contributed by atoms with Gasteiger partial charge in [0.15, 0.2) is 5.65 Å². The first kappa shape index (κ1) is 12.2. The molecule has 1 aliphatic carbocycles. The first-order valence-electron chi connectivity index (χ1n) is 6.57. The van der Waals surface area contributed by atoms with Crippen LogP contribution in [0.3, 0.4) is 0 Å². The van der Waals surface area contributed by atoms with E-state index in [0.717, 1.165) is 19.4 Å². The van der Waals surface area contributed by atoms with Gasteiger partial charge in [0.25, 0.3) is 0 Å². The number of hydrogen-bond acceptors (Lipinski definition) is 5. The van der Waals surface area contributed by atoms with E-state index in [0.29, 0.717) is 23.3 Å². The summed E-state index contributed by atoms with van der Waals surface area (Å²) in [6.07, 6.45) is 3.40. The Morgan fingerprint density at radius 1 is 1.42 bits per heavy atom. The molecule has 0 bridgehead atoms. The van der Waals surface area contributed by atoms with Crippen LogP contribution in [0.2, 0.25) is 0 Å².